The van der Waals surface area contributed by atoms with Crippen LogP contribution in [0.2, 0.25) is 0 Å². The van der Waals surface area contributed by atoms with Gasteiger partial charge in [-0.05, 0) is 30.7 Å². The zero-order valence-corrected chi connectivity index (χ0v) is 21.1. The van der Waals surface area contributed by atoms with E-state index >= 15 is 0 Å². The van der Waals surface area contributed by atoms with Crippen LogP contribution in [0.25, 0.3) is 0 Å². The van der Waals surface area contributed by atoms with Crippen molar-refractivity contribution in [1.29, 1.82) is 0 Å². The Bertz CT molecular complexity index is 913. The van der Waals surface area contributed by atoms with Crippen molar-refractivity contribution in [3.8, 4) is 0 Å². The molecule has 2 bridgehead atoms. The Kier molecular flexibility index (Phi) is 7.57. The highest BCUT2D eigenvalue weighted by atomic mass is 32.2. The SMILES string of the molecule is CCCCNC(=O)C1N([C@H](CO)c2ccccc2)C(=O)[C@@H]2[C@H](C(=O)NCCC)[C@@H]3CC(C)C12S3. The summed E-state index contributed by atoms with van der Waals surface area (Å²) in [5, 5.41) is 16.5. The molecule has 7 nitrogen and oxygen atoms in total. The molecule has 1 spiro atoms. The van der Waals surface area contributed by atoms with E-state index < -0.39 is 28.7 Å². The van der Waals surface area contributed by atoms with E-state index in [9.17, 15) is 19.5 Å². The van der Waals surface area contributed by atoms with Crippen LogP contribution >= 0.6 is 11.8 Å². The highest BCUT2D eigenvalue weighted by Crippen LogP contribution is 2.69. The second-order valence-electron chi connectivity index (χ2n) is 9.84. The maximum absolute atomic E-state index is 14.2. The topological polar surface area (TPSA) is 98.7 Å². The fourth-order valence-corrected chi connectivity index (χ4v) is 8.68. The number of likely N-dealkylation sites (tertiary alicyclic amines) is 1. The monoisotopic (exact) mass is 487 g/mol. The first-order chi connectivity index (χ1) is 16.4. The van der Waals surface area contributed by atoms with Crippen LogP contribution in [0.5, 0.6) is 0 Å². The number of rotatable bonds is 10. The van der Waals surface area contributed by atoms with Crippen LogP contribution in [0.15, 0.2) is 30.3 Å². The highest BCUT2D eigenvalue weighted by Gasteiger charge is 2.76. The van der Waals surface area contributed by atoms with Crippen molar-refractivity contribution in [1.82, 2.24) is 15.5 Å². The van der Waals surface area contributed by atoms with E-state index in [4.69, 9.17) is 0 Å². The molecular weight excluding hydrogens is 450 g/mol. The summed E-state index contributed by atoms with van der Waals surface area (Å²) in [6.45, 7) is 7.02. The molecular formula is C26H37N3O4S. The van der Waals surface area contributed by atoms with Crippen LogP contribution in [0, 0.1) is 17.8 Å². The number of fused-ring (bicyclic) bond motifs is 1. The number of aliphatic hydroxyl groups excluding tert-OH is 1. The van der Waals surface area contributed by atoms with Gasteiger partial charge < -0.3 is 20.6 Å². The first-order valence-electron chi connectivity index (χ1n) is 12.6. The van der Waals surface area contributed by atoms with Crippen molar-refractivity contribution < 1.29 is 19.5 Å². The standard InChI is InChI=1S/C26H37N3O4S/c1-4-6-13-28-24(32)22-26-16(3)14-19(34-26)20(23(31)27-12-5-2)21(26)25(33)29(22)18(15-30)17-10-8-7-9-11-17/h7-11,16,18-22,30H,4-6,12-15H2,1-3H3,(H,27,31)(H,28,32)/t16?,18-,19+,20-,21+,22?,26?/m1/s1. The lowest BCUT2D eigenvalue weighted by atomic mass is 9.66. The summed E-state index contributed by atoms with van der Waals surface area (Å²) in [4.78, 5) is 42.8. The predicted octanol–water partition coefficient (Wildman–Crippen LogP) is 2.50. The average molecular weight is 488 g/mol. The van der Waals surface area contributed by atoms with Gasteiger partial charge in [-0.1, -0.05) is 57.5 Å². The Hall–Kier alpha value is -2.06. The minimum atomic E-state index is -0.729. The smallest absolute Gasteiger partial charge is 0.244 e. The van der Waals surface area contributed by atoms with Crippen LogP contribution in [0.4, 0.5) is 0 Å². The molecule has 3 fully saturated rings. The number of carbonyl (C=O) groups excluding carboxylic acids is 3. The average Bonchev–Trinajstić information content (AvgIpc) is 3.43. The third kappa shape index (κ3) is 3.92. The zero-order chi connectivity index (χ0) is 24.5. The minimum Gasteiger partial charge on any atom is -0.394 e. The molecule has 3 N–H and O–H groups in total. The van der Waals surface area contributed by atoms with Gasteiger partial charge in [-0.2, -0.15) is 0 Å². The third-order valence-corrected chi connectivity index (χ3v) is 9.88. The van der Waals surface area contributed by atoms with E-state index in [0.29, 0.717) is 13.1 Å². The van der Waals surface area contributed by atoms with Crippen molar-refractivity contribution in [3.05, 3.63) is 35.9 Å². The van der Waals surface area contributed by atoms with Gasteiger partial charge in [0.25, 0.3) is 0 Å². The highest BCUT2D eigenvalue weighted by molar-refractivity contribution is 8.02. The van der Waals surface area contributed by atoms with E-state index in [-0.39, 0.29) is 35.5 Å². The van der Waals surface area contributed by atoms with Crippen LogP contribution in [-0.4, -0.2) is 63.5 Å². The summed E-state index contributed by atoms with van der Waals surface area (Å²) < 4.78 is -0.672. The molecule has 3 heterocycles. The number of carbonyl (C=O) groups is 3. The Morgan fingerprint density at radius 1 is 1.15 bits per heavy atom. The largest absolute Gasteiger partial charge is 0.394 e. The molecule has 0 radical (unpaired) electrons. The summed E-state index contributed by atoms with van der Waals surface area (Å²) in [5.74, 6) is -1.36. The van der Waals surface area contributed by atoms with Crippen LogP contribution in [-0.2, 0) is 14.4 Å². The number of hydrogen-bond donors (Lipinski definition) is 3. The molecule has 186 valence electrons. The molecule has 7 atom stereocenters. The van der Waals surface area contributed by atoms with Gasteiger partial charge in [-0.25, -0.2) is 0 Å². The fourth-order valence-electron chi connectivity index (χ4n) is 6.28. The van der Waals surface area contributed by atoms with Gasteiger partial charge in [0.15, 0.2) is 0 Å². The second kappa shape index (κ2) is 10.3. The van der Waals surface area contributed by atoms with E-state index in [1.54, 1.807) is 16.7 Å². The van der Waals surface area contributed by atoms with Crippen LogP contribution in [0.1, 0.15) is 58.1 Å². The third-order valence-electron chi connectivity index (χ3n) is 7.81. The van der Waals surface area contributed by atoms with Gasteiger partial charge in [-0.3, -0.25) is 14.4 Å². The maximum Gasteiger partial charge on any atom is 0.244 e. The fraction of sp³-hybridized carbons (Fsp3) is 0.654. The summed E-state index contributed by atoms with van der Waals surface area (Å²) >= 11 is 1.67. The summed E-state index contributed by atoms with van der Waals surface area (Å²) in [5.41, 5.74) is 0.792. The lowest BCUT2D eigenvalue weighted by Gasteiger charge is -2.40. The molecule has 3 aliphatic heterocycles. The van der Waals surface area contributed by atoms with Crippen molar-refractivity contribution in [2.24, 2.45) is 17.8 Å². The quantitative estimate of drug-likeness (QED) is 0.441. The molecule has 3 saturated heterocycles. The molecule has 1 aromatic rings. The van der Waals surface area contributed by atoms with Gasteiger partial charge >= 0.3 is 0 Å². The lowest BCUT2D eigenvalue weighted by Crippen LogP contribution is -2.57. The Balaban J connectivity index is 1.77. The summed E-state index contributed by atoms with van der Waals surface area (Å²) in [6, 6.07) is 8.03. The molecule has 4 rings (SSSR count). The number of hydrogen-bond acceptors (Lipinski definition) is 5. The molecule has 3 unspecified atom stereocenters. The molecule has 1 aromatic carbocycles. The zero-order valence-electron chi connectivity index (χ0n) is 20.3. The van der Waals surface area contributed by atoms with Crippen molar-refractivity contribution in [3.63, 3.8) is 0 Å². The number of nitrogens with one attached hydrogen (secondary N) is 2. The predicted molar refractivity (Wildman–Crippen MR) is 133 cm³/mol. The van der Waals surface area contributed by atoms with Crippen LogP contribution < -0.4 is 10.6 Å². The van der Waals surface area contributed by atoms with Gasteiger partial charge in [0.2, 0.25) is 17.7 Å². The molecule has 0 aliphatic carbocycles. The molecule has 0 aromatic heterocycles. The van der Waals surface area contributed by atoms with Crippen LogP contribution in [0.3, 0.4) is 0 Å². The van der Waals surface area contributed by atoms with E-state index in [0.717, 1.165) is 31.2 Å². The number of unbranched alkanes of at least 4 members (excludes halogenated alkanes) is 1. The van der Waals surface area contributed by atoms with E-state index in [2.05, 4.69) is 24.5 Å². The van der Waals surface area contributed by atoms with Gasteiger partial charge in [0.1, 0.15) is 6.04 Å². The minimum absolute atomic E-state index is 0.0261. The number of nitrogens with zero attached hydrogens (tertiary/aromatic N) is 1. The lowest BCUT2D eigenvalue weighted by molar-refractivity contribution is -0.143. The van der Waals surface area contributed by atoms with Gasteiger partial charge in [0, 0.05) is 18.3 Å². The Morgan fingerprint density at radius 2 is 1.85 bits per heavy atom. The summed E-state index contributed by atoms with van der Waals surface area (Å²) in [7, 11) is 0. The molecule has 0 saturated carbocycles. The van der Waals surface area contributed by atoms with Crippen molar-refractivity contribution in [2.45, 2.75) is 68.5 Å². The number of aliphatic hydroxyl groups is 1. The number of amides is 3. The maximum atomic E-state index is 14.2. The van der Waals surface area contributed by atoms with Crippen molar-refractivity contribution in [2.75, 3.05) is 19.7 Å². The Labute approximate surface area is 206 Å². The van der Waals surface area contributed by atoms with E-state index in [1.807, 2.05) is 37.3 Å². The second-order valence-corrected chi connectivity index (χ2v) is 11.4. The number of thioether (sulfide) groups is 1. The van der Waals surface area contributed by atoms with E-state index in [1.165, 1.54) is 0 Å². The molecule has 3 amide bonds. The molecule has 3 aliphatic rings. The first-order valence-corrected chi connectivity index (χ1v) is 13.5. The first kappa shape index (κ1) is 25.0. The normalized spacial score (nSPS) is 32.5. The van der Waals surface area contributed by atoms with Crippen molar-refractivity contribution >= 4 is 29.5 Å². The summed E-state index contributed by atoms with van der Waals surface area (Å²) in [6.07, 6.45) is 3.45. The van der Waals surface area contributed by atoms with Gasteiger partial charge in [-0.15, -0.1) is 11.8 Å². The van der Waals surface area contributed by atoms with Gasteiger partial charge in [0.05, 0.1) is 29.2 Å². The Morgan fingerprint density at radius 3 is 2.50 bits per heavy atom. The molecule has 34 heavy (non-hydrogen) atoms. The number of benzene rings is 1. The molecule has 8 heteroatoms.